The van der Waals surface area contributed by atoms with E-state index in [0.717, 1.165) is 34.6 Å². The molecule has 0 aliphatic carbocycles. The topological polar surface area (TPSA) is 61.8 Å². The molecule has 0 atom stereocenters. The summed E-state index contributed by atoms with van der Waals surface area (Å²) in [7, 11) is 0. The molecule has 3 rings (SSSR count). The third-order valence-electron chi connectivity index (χ3n) is 3.60. The van der Waals surface area contributed by atoms with Crippen molar-refractivity contribution in [1.29, 1.82) is 0 Å². The van der Waals surface area contributed by atoms with E-state index in [1.54, 1.807) is 0 Å². The average Bonchev–Trinajstić information content (AvgIpc) is 2.82. The lowest BCUT2D eigenvalue weighted by Gasteiger charge is -2.07. The molecule has 0 radical (unpaired) electrons. The fraction of sp³-hybridized carbons (Fsp3) is 0.250. The number of aromatic amines is 1. The van der Waals surface area contributed by atoms with Crippen LogP contribution in [-0.4, -0.2) is 20.1 Å². The number of fused-ring (bicyclic) bond motifs is 1. The van der Waals surface area contributed by atoms with Gasteiger partial charge in [0.2, 0.25) is 0 Å². The number of rotatable bonds is 2. The Labute approximate surface area is 121 Å². The van der Waals surface area contributed by atoms with E-state index in [4.69, 9.17) is 0 Å². The monoisotopic (exact) mass is 285 g/mol. The molecule has 21 heavy (non-hydrogen) atoms. The number of halogens is 1. The van der Waals surface area contributed by atoms with Gasteiger partial charge < -0.3 is 10.1 Å². The molecule has 0 amide bonds. The van der Waals surface area contributed by atoms with Gasteiger partial charge >= 0.3 is 0 Å². The maximum atomic E-state index is 13.5. The highest BCUT2D eigenvalue weighted by Gasteiger charge is 2.13. The molecule has 0 saturated heterocycles. The second-order valence-corrected chi connectivity index (χ2v) is 5.16. The molecule has 5 heteroatoms. The summed E-state index contributed by atoms with van der Waals surface area (Å²) in [5.41, 5.74) is 3.87. The van der Waals surface area contributed by atoms with E-state index in [1.807, 2.05) is 26.8 Å². The van der Waals surface area contributed by atoms with E-state index in [-0.39, 0.29) is 5.75 Å². The maximum Gasteiger partial charge on any atom is 0.166 e. The number of aryl methyl sites for hydroxylation is 3. The molecule has 1 aromatic carbocycles. The van der Waals surface area contributed by atoms with Crippen LogP contribution in [0.4, 0.5) is 4.39 Å². The smallest absolute Gasteiger partial charge is 0.166 e. The van der Waals surface area contributed by atoms with Crippen molar-refractivity contribution >= 4 is 10.9 Å². The van der Waals surface area contributed by atoms with Crippen molar-refractivity contribution in [3.05, 3.63) is 41.1 Å². The molecule has 0 unspecified atom stereocenters. The number of hydrogen-bond donors (Lipinski definition) is 2. The van der Waals surface area contributed by atoms with Crippen molar-refractivity contribution in [2.24, 2.45) is 0 Å². The van der Waals surface area contributed by atoms with E-state index in [2.05, 4.69) is 15.0 Å². The molecule has 2 N–H and O–H groups in total. The summed E-state index contributed by atoms with van der Waals surface area (Å²) in [6.07, 6.45) is 0.815. The van der Waals surface area contributed by atoms with Gasteiger partial charge in [-0.05, 0) is 31.5 Å². The van der Waals surface area contributed by atoms with Crippen molar-refractivity contribution in [2.75, 3.05) is 0 Å². The van der Waals surface area contributed by atoms with E-state index in [9.17, 15) is 9.50 Å². The van der Waals surface area contributed by atoms with Crippen LogP contribution in [0.25, 0.3) is 22.3 Å². The van der Waals surface area contributed by atoms with Gasteiger partial charge in [0.05, 0.1) is 11.2 Å². The minimum Gasteiger partial charge on any atom is -0.505 e. The van der Waals surface area contributed by atoms with Gasteiger partial charge in [-0.1, -0.05) is 6.92 Å². The number of nitrogens with zero attached hydrogens (tertiary/aromatic N) is 2. The first-order valence-electron chi connectivity index (χ1n) is 6.85. The third kappa shape index (κ3) is 2.24. The van der Waals surface area contributed by atoms with E-state index < -0.39 is 5.82 Å². The first-order chi connectivity index (χ1) is 9.99. The molecule has 0 bridgehead atoms. The van der Waals surface area contributed by atoms with Crippen LogP contribution in [0.3, 0.4) is 0 Å². The Morgan fingerprint density at radius 2 is 1.95 bits per heavy atom. The number of imidazole rings is 1. The molecule has 108 valence electrons. The summed E-state index contributed by atoms with van der Waals surface area (Å²) in [6, 6.07) is 4.57. The van der Waals surface area contributed by atoms with Gasteiger partial charge in [-0.15, -0.1) is 0 Å². The van der Waals surface area contributed by atoms with Crippen LogP contribution < -0.4 is 0 Å². The first-order valence-corrected chi connectivity index (χ1v) is 6.85. The SMILES string of the molecule is CCc1nc(-c2cc(C)c3cc(O)c(F)cc3n2)c(C)[nH]1. The number of benzene rings is 1. The minimum absolute atomic E-state index is 0.357. The van der Waals surface area contributed by atoms with Gasteiger partial charge in [-0.25, -0.2) is 14.4 Å². The van der Waals surface area contributed by atoms with Crippen molar-refractivity contribution in [2.45, 2.75) is 27.2 Å². The van der Waals surface area contributed by atoms with Crippen LogP contribution in [0, 0.1) is 19.7 Å². The minimum atomic E-state index is -0.667. The van der Waals surface area contributed by atoms with Crippen LogP contribution in [-0.2, 0) is 6.42 Å². The number of aromatic hydroxyl groups is 1. The molecular formula is C16H16FN3O. The number of nitrogens with one attached hydrogen (secondary N) is 1. The maximum absolute atomic E-state index is 13.5. The fourth-order valence-corrected chi connectivity index (χ4v) is 2.47. The predicted octanol–water partition coefficient (Wildman–Crippen LogP) is 3.65. The van der Waals surface area contributed by atoms with Crippen molar-refractivity contribution in [1.82, 2.24) is 15.0 Å². The van der Waals surface area contributed by atoms with Gasteiger partial charge in [0.1, 0.15) is 11.5 Å². The number of pyridine rings is 1. The van der Waals surface area contributed by atoms with Crippen LogP contribution in [0.2, 0.25) is 0 Å². The highest BCUT2D eigenvalue weighted by Crippen LogP contribution is 2.29. The number of aromatic nitrogens is 3. The number of phenols is 1. The summed E-state index contributed by atoms with van der Waals surface area (Å²) in [4.78, 5) is 12.2. The molecule has 0 spiro atoms. The van der Waals surface area contributed by atoms with Gasteiger partial charge in [-0.3, -0.25) is 0 Å². The van der Waals surface area contributed by atoms with Crippen LogP contribution >= 0.6 is 0 Å². The standard InChI is InChI=1S/C16H16FN3O/c1-4-15-18-9(3)16(20-15)13-5-8(2)10-6-14(21)11(17)7-12(10)19-13/h5-7,21H,4H2,1-3H3,(H,18,20). The van der Waals surface area contributed by atoms with Crippen LogP contribution in [0.1, 0.15) is 24.0 Å². The average molecular weight is 285 g/mol. The zero-order valence-corrected chi connectivity index (χ0v) is 12.2. The Balaban J connectivity index is 2.24. The quantitative estimate of drug-likeness (QED) is 0.755. The van der Waals surface area contributed by atoms with E-state index in [0.29, 0.717) is 11.2 Å². The number of H-pyrrole nitrogens is 1. The van der Waals surface area contributed by atoms with Crippen LogP contribution in [0.15, 0.2) is 18.2 Å². The number of phenolic OH excluding ortho intramolecular Hbond substituents is 1. The van der Waals surface area contributed by atoms with Crippen molar-refractivity contribution < 1.29 is 9.50 Å². The molecule has 3 aromatic rings. The normalized spacial score (nSPS) is 11.2. The molecule has 0 aliphatic rings. The summed E-state index contributed by atoms with van der Waals surface area (Å²) >= 11 is 0. The Morgan fingerprint density at radius 1 is 1.19 bits per heavy atom. The zero-order valence-electron chi connectivity index (χ0n) is 12.2. The summed E-state index contributed by atoms with van der Waals surface area (Å²) in [6.45, 7) is 5.88. The molecule has 0 aliphatic heterocycles. The van der Waals surface area contributed by atoms with E-state index >= 15 is 0 Å². The Kier molecular flexibility index (Phi) is 3.12. The highest BCUT2D eigenvalue weighted by atomic mass is 19.1. The lowest BCUT2D eigenvalue weighted by atomic mass is 10.1. The molecule has 2 aromatic heterocycles. The van der Waals surface area contributed by atoms with Gasteiger partial charge in [0.15, 0.2) is 11.6 Å². The summed E-state index contributed by atoms with van der Waals surface area (Å²) in [5.74, 6) is -0.122. The van der Waals surface area contributed by atoms with Crippen molar-refractivity contribution in [3.8, 4) is 17.1 Å². The summed E-state index contributed by atoms with van der Waals surface area (Å²) in [5, 5.41) is 10.2. The second-order valence-electron chi connectivity index (χ2n) is 5.16. The number of hydrogen-bond acceptors (Lipinski definition) is 3. The zero-order chi connectivity index (χ0) is 15.1. The molecular weight excluding hydrogens is 269 g/mol. The molecule has 2 heterocycles. The van der Waals surface area contributed by atoms with Gasteiger partial charge in [0, 0.05) is 23.6 Å². The Hall–Kier alpha value is -2.43. The Bertz CT molecular complexity index is 839. The fourth-order valence-electron chi connectivity index (χ4n) is 2.47. The highest BCUT2D eigenvalue weighted by molar-refractivity contribution is 5.86. The Morgan fingerprint density at radius 3 is 2.62 bits per heavy atom. The first kappa shape index (κ1) is 13.5. The van der Waals surface area contributed by atoms with Crippen LogP contribution in [0.5, 0.6) is 5.75 Å². The predicted molar refractivity (Wildman–Crippen MR) is 79.8 cm³/mol. The van der Waals surface area contributed by atoms with Gasteiger partial charge in [0.25, 0.3) is 0 Å². The van der Waals surface area contributed by atoms with Crippen molar-refractivity contribution in [3.63, 3.8) is 0 Å². The third-order valence-corrected chi connectivity index (χ3v) is 3.60. The molecule has 0 saturated carbocycles. The summed E-state index contributed by atoms with van der Waals surface area (Å²) < 4.78 is 13.5. The second kappa shape index (κ2) is 4.84. The van der Waals surface area contributed by atoms with Gasteiger partial charge in [-0.2, -0.15) is 0 Å². The lowest BCUT2D eigenvalue weighted by molar-refractivity contribution is 0.433. The van der Waals surface area contributed by atoms with E-state index in [1.165, 1.54) is 12.1 Å². The lowest BCUT2D eigenvalue weighted by Crippen LogP contribution is -1.92. The molecule has 0 fully saturated rings. The molecule has 4 nitrogen and oxygen atoms in total. The largest absolute Gasteiger partial charge is 0.505 e.